The molecule has 0 heterocycles. The number of Topliss-reactive ketones (excluding diaryl/α,β-unsaturated/α-hetero) is 1. The lowest BCUT2D eigenvalue weighted by molar-refractivity contribution is -0.118. The van der Waals surface area contributed by atoms with Crippen molar-refractivity contribution >= 4 is 15.6 Å². The number of benzene rings is 1. The van der Waals surface area contributed by atoms with E-state index in [2.05, 4.69) is 0 Å². The molecule has 1 aromatic carbocycles. The Morgan fingerprint density at radius 3 is 2.16 bits per heavy atom. The van der Waals surface area contributed by atoms with Crippen LogP contribution in [0.2, 0.25) is 0 Å². The standard InChI is InChI=1S/C15H18O3S/c1-10-4-6-13(7-5-10)19(17,18)15-9-12(3)11(2)8-14(15)16/h4-7,15H,8-9H2,1-3H3. The fourth-order valence-electron chi connectivity index (χ4n) is 2.27. The van der Waals surface area contributed by atoms with Gasteiger partial charge in [0.2, 0.25) is 0 Å². The van der Waals surface area contributed by atoms with E-state index in [0.717, 1.165) is 16.7 Å². The van der Waals surface area contributed by atoms with Crippen LogP contribution in [0.4, 0.5) is 0 Å². The number of ketones is 1. The van der Waals surface area contributed by atoms with Crippen LogP contribution in [0.15, 0.2) is 40.3 Å². The van der Waals surface area contributed by atoms with Crippen LogP contribution in [0.25, 0.3) is 0 Å². The SMILES string of the molecule is CC1=C(C)CC(S(=O)(=O)c2ccc(C)cc2)C(=O)C1. The molecule has 0 saturated heterocycles. The van der Waals surface area contributed by atoms with E-state index in [1.165, 1.54) is 0 Å². The molecule has 1 aliphatic rings. The number of hydrogen-bond donors (Lipinski definition) is 0. The van der Waals surface area contributed by atoms with E-state index in [1.54, 1.807) is 24.3 Å². The normalized spacial score (nSPS) is 20.8. The van der Waals surface area contributed by atoms with E-state index in [4.69, 9.17) is 0 Å². The minimum Gasteiger partial charge on any atom is -0.298 e. The molecule has 19 heavy (non-hydrogen) atoms. The van der Waals surface area contributed by atoms with Crippen LogP contribution in [-0.4, -0.2) is 19.5 Å². The first-order valence-corrected chi connectivity index (χ1v) is 7.85. The van der Waals surface area contributed by atoms with E-state index >= 15 is 0 Å². The Hall–Kier alpha value is -1.42. The number of rotatable bonds is 2. The van der Waals surface area contributed by atoms with E-state index in [1.807, 2.05) is 20.8 Å². The lowest BCUT2D eigenvalue weighted by atomic mass is 9.92. The monoisotopic (exact) mass is 278 g/mol. The van der Waals surface area contributed by atoms with Crippen LogP contribution in [-0.2, 0) is 14.6 Å². The van der Waals surface area contributed by atoms with Crippen molar-refractivity contribution in [2.24, 2.45) is 0 Å². The Labute approximate surface area is 114 Å². The second-order valence-electron chi connectivity index (χ2n) is 5.25. The van der Waals surface area contributed by atoms with Crippen LogP contribution in [0.1, 0.15) is 32.3 Å². The third kappa shape index (κ3) is 2.63. The van der Waals surface area contributed by atoms with Gasteiger partial charge in [-0.25, -0.2) is 8.42 Å². The molecule has 0 aliphatic heterocycles. The highest BCUT2D eigenvalue weighted by Gasteiger charge is 2.36. The first-order valence-electron chi connectivity index (χ1n) is 6.31. The van der Waals surface area contributed by atoms with Gasteiger partial charge in [0, 0.05) is 6.42 Å². The van der Waals surface area contributed by atoms with Gasteiger partial charge in [-0.1, -0.05) is 28.8 Å². The molecule has 102 valence electrons. The smallest absolute Gasteiger partial charge is 0.188 e. The van der Waals surface area contributed by atoms with Gasteiger partial charge in [0.1, 0.15) is 5.25 Å². The van der Waals surface area contributed by atoms with Crippen molar-refractivity contribution in [3.8, 4) is 0 Å². The summed E-state index contributed by atoms with van der Waals surface area (Å²) in [6.45, 7) is 5.69. The quantitative estimate of drug-likeness (QED) is 0.782. The Kier molecular flexibility index (Phi) is 3.63. The molecule has 0 spiro atoms. The molecule has 2 rings (SSSR count). The maximum Gasteiger partial charge on any atom is 0.188 e. The molecule has 0 fully saturated rings. The number of hydrogen-bond acceptors (Lipinski definition) is 3. The Morgan fingerprint density at radius 1 is 1.00 bits per heavy atom. The van der Waals surface area contributed by atoms with Gasteiger partial charge < -0.3 is 0 Å². The number of aryl methyl sites for hydroxylation is 1. The van der Waals surface area contributed by atoms with Gasteiger partial charge in [-0.15, -0.1) is 0 Å². The van der Waals surface area contributed by atoms with E-state index in [0.29, 0.717) is 6.42 Å². The molecule has 0 N–H and O–H groups in total. The summed E-state index contributed by atoms with van der Waals surface area (Å²) in [7, 11) is -3.57. The van der Waals surface area contributed by atoms with Gasteiger partial charge in [-0.3, -0.25) is 4.79 Å². The minimum atomic E-state index is -3.57. The fourth-order valence-corrected chi connectivity index (χ4v) is 4.01. The molecule has 4 heteroatoms. The topological polar surface area (TPSA) is 51.2 Å². The second kappa shape index (κ2) is 4.93. The van der Waals surface area contributed by atoms with Gasteiger partial charge in [0.15, 0.2) is 15.6 Å². The maximum absolute atomic E-state index is 12.5. The summed E-state index contributed by atoms with van der Waals surface area (Å²) >= 11 is 0. The average Bonchev–Trinajstić information content (AvgIpc) is 2.34. The molecular weight excluding hydrogens is 260 g/mol. The van der Waals surface area contributed by atoms with Crippen LogP contribution in [0.5, 0.6) is 0 Å². The van der Waals surface area contributed by atoms with Gasteiger partial charge in [0.05, 0.1) is 4.90 Å². The molecule has 0 bridgehead atoms. The van der Waals surface area contributed by atoms with Gasteiger partial charge in [-0.05, 0) is 39.3 Å². The number of carbonyl (C=O) groups is 1. The van der Waals surface area contributed by atoms with Crippen LogP contribution < -0.4 is 0 Å². The Bertz CT molecular complexity index is 636. The molecule has 1 unspecified atom stereocenters. The average molecular weight is 278 g/mol. The van der Waals surface area contributed by atoms with Crippen molar-refractivity contribution in [2.45, 2.75) is 43.8 Å². The Morgan fingerprint density at radius 2 is 1.58 bits per heavy atom. The molecule has 1 atom stereocenters. The second-order valence-corrected chi connectivity index (χ2v) is 7.39. The lowest BCUT2D eigenvalue weighted by Gasteiger charge is -2.23. The molecule has 3 nitrogen and oxygen atoms in total. The first kappa shape index (κ1) is 14.0. The highest BCUT2D eigenvalue weighted by atomic mass is 32.2. The van der Waals surface area contributed by atoms with E-state index in [-0.39, 0.29) is 17.1 Å². The molecular formula is C15H18O3S. The molecule has 0 aromatic heterocycles. The van der Waals surface area contributed by atoms with Crippen molar-refractivity contribution in [2.75, 3.05) is 0 Å². The summed E-state index contributed by atoms with van der Waals surface area (Å²) in [5.74, 6) is -0.191. The maximum atomic E-state index is 12.5. The molecule has 0 radical (unpaired) electrons. The van der Waals surface area contributed by atoms with E-state index < -0.39 is 15.1 Å². The zero-order valence-corrected chi connectivity index (χ0v) is 12.3. The van der Waals surface area contributed by atoms with Gasteiger partial charge in [0.25, 0.3) is 0 Å². The van der Waals surface area contributed by atoms with Crippen molar-refractivity contribution in [1.82, 2.24) is 0 Å². The molecule has 1 aromatic rings. The summed E-state index contributed by atoms with van der Waals surface area (Å²) in [5.41, 5.74) is 3.02. The summed E-state index contributed by atoms with van der Waals surface area (Å²) in [5, 5.41) is -0.918. The van der Waals surface area contributed by atoms with Crippen molar-refractivity contribution in [3.05, 3.63) is 41.0 Å². The van der Waals surface area contributed by atoms with Crippen LogP contribution >= 0.6 is 0 Å². The highest BCUT2D eigenvalue weighted by Crippen LogP contribution is 2.29. The fraction of sp³-hybridized carbons (Fsp3) is 0.400. The Balaban J connectivity index is 2.41. The zero-order valence-electron chi connectivity index (χ0n) is 11.4. The van der Waals surface area contributed by atoms with Crippen LogP contribution in [0, 0.1) is 6.92 Å². The minimum absolute atomic E-state index is 0.191. The van der Waals surface area contributed by atoms with Gasteiger partial charge in [-0.2, -0.15) is 0 Å². The van der Waals surface area contributed by atoms with Crippen molar-refractivity contribution in [1.29, 1.82) is 0 Å². The largest absolute Gasteiger partial charge is 0.298 e. The molecule has 0 amide bonds. The molecule has 1 aliphatic carbocycles. The van der Waals surface area contributed by atoms with Crippen LogP contribution in [0.3, 0.4) is 0 Å². The number of allylic oxidation sites excluding steroid dienone is 2. The predicted molar refractivity (Wildman–Crippen MR) is 74.8 cm³/mol. The summed E-state index contributed by atoms with van der Waals surface area (Å²) in [6, 6.07) is 6.68. The first-order chi connectivity index (χ1) is 8.82. The molecule has 0 saturated carbocycles. The van der Waals surface area contributed by atoms with E-state index in [9.17, 15) is 13.2 Å². The predicted octanol–water partition coefficient (Wildman–Crippen LogP) is 2.84. The summed E-state index contributed by atoms with van der Waals surface area (Å²) in [6.07, 6.45) is 0.572. The third-order valence-electron chi connectivity index (χ3n) is 3.74. The zero-order chi connectivity index (χ0) is 14.2. The van der Waals surface area contributed by atoms with Crippen molar-refractivity contribution < 1.29 is 13.2 Å². The number of carbonyl (C=O) groups excluding carboxylic acids is 1. The van der Waals surface area contributed by atoms with Gasteiger partial charge >= 0.3 is 0 Å². The number of sulfone groups is 1. The summed E-state index contributed by atoms with van der Waals surface area (Å²) in [4.78, 5) is 12.3. The lowest BCUT2D eigenvalue weighted by Crippen LogP contribution is -2.33. The van der Waals surface area contributed by atoms with Crippen molar-refractivity contribution in [3.63, 3.8) is 0 Å². The third-order valence-corrected chi connectivity index (χ3v) is 5.85. The highest BCUT2D eigenvalue weighted by molar-refractivity contribution is 7.92. The summed E-state index contributed by atoms with van der Waals surface area (Å²) < 4.78 is 25.0.